The fraction of sp³-hybridized carbons (Fsp3) is 0.923. The number of carbonyl (C=O) groups excluding carboxylic acids is 1. The molecule has 1 aliphatic rings. The lowest BCUT2D eigenvalue weighted by molar-refractivity contribution is -0.124. The first-order valence-corrected chi connectivity index (χ1v) is 6.78. The van der Waals surface area contributed by atoms with Crippen LogP contribution in [-0.2, 0) is 4.79 Å². The number of nitrogens with zero attached hydrogens (tertiary/aromatic N) is 2. The average Bonchev–Trinajstić information content (AvgIpc) is 2.66. The third-order valence-corrected chi connectivity index (χ3v) is 4.12. The summed E-state index contributed by atoms with van der Waals surface area (Å²) in [6, 6.07) is 0. The van der Waals surface area contributed by atoms with Crippen molar-refractivity contribution in [3.63, 3.8) is 0 Å². The van der Waals surface area contributed by atoms with Crippen molar-refractivity contribution in [2.75, 3.05) is 40.8 Å². The van der Waals surface area contributed by atoms with Gasteiger partial charge in [-0.15, -0.1) is 0 Å². The number of nitrogens with two attached hydrogens (primary N) is 2. The molecule has 4 N–H and O–H groups in total. The zero-order chi connectivity index (χ0) is 13.8. The Bertz CT molecular complexity index is 282. The highest BCUT2D eigenvalue weighted by Crippen LogP contribution is 2.35. The van der Waals surface area contributed by atoms with E-state index in [2.05, 4.69) is 30.9 Å². The number of hydrogen-bond acceptors (Lipinski definition) is 4. The van der Waals surface area contributed by atoms with Gasteiger partial charge in [0.1, 0.15) is 0 Å². The maximum absolute atomic E-state index is 11.5. The molecule has 0 aromatic rings. The molecule has 0 bridgehead atoms. The fourth-order valence-electron chi connectivity index (χ4n) is 2.69. The molecule has 1 aliphatic carbocycles. The van der Waals surface area contributed by atoms with E-state index in [9.17, 15) is 4.79 Å². The van der Waals surface area contributed by atoms with Gasteiger partial charge in [0.15, 0.2) is 0 Å². The molecule has 1 fully saturated rings. The van der Waals surface area contributed by atoms with Crippen molar-refractivity contribution < 1.29 is 4.79 Å². The highest BCUT2D eigenvalue weighted by molar-refractivity contribution is 5.85. The molecule has 0 aliphatic heterocycles. The normalized spacial score (nSPS) is 28.2. The lowest BCUT2D eigenvalue weighted by atomic mass is 9.85. The molecule has 0 heterocycles. The summed E-state index contributed by atoms with van der Waals surface area (Å²) in [5.41, 5.74) is 10.8. The van der Waals surface area contributed by atoms with Crippen LogP contribution in [-0.4, -0.2) is 62.0 Å². The average molecular weight is 256 g/mol. The first kappa shape index (κ1) is 15.4. The molecule has 2 atom stereocenters. The molecule has 0 aromatic carbocycles. The highest BCUT2D eigenvalue weighted by atomic mass is 16.1. The lowest BCUT2D eigenvalue weighted by Crippen LogP contribution is -2.55. The first-order chi connectivity index (χ1) is 8.36. The lowest BCUT2D eigenvalue weighted by Gasteiger charge is -2.29. The number of rotatable bonds is 7. The minimum absolute atomic E-state index is 0.247. The first-order valence-electron chi connectivity index (χ1n) is 6.78. The molecule has 0 spiro atoms. The molecule has 1 saturated carbocycles. The Morgan fingerprint density at radius 3 is 2.50 bits per heavy atom. The van der Waals surface area contributed by atoms with Crippen LogP contribution in [0.1, 0.15) is 25.7 Å². The van der Waals surface area contributed by atoms with Crippen molar-refractivity contribution in [3.05, 3.63) is 0 Å². The maximum Gasteiger partial charge on any atom is 0.237 e. The van der Waals surface area contributed by atoms with Gasteiger partial charge in [-0.2, -0.15) is 0 Å². The summed E-state index contributed by atoms with van der Waals surface area (Å²) < 4.78 is 0. The second-order valence-electron chi connectivity index (χ2n) is 5.89. The zero-order valence-corrected chi connectivity index (χ0v) is 12.0. The molecular formula is C13H28N4O. The highest BCUT2D eigenvalue weighted by Gasteiger charge is 2.43. The van der Waals surface area contributed by atoms with E-state index in [0.717, 1.165) is 45.3 Å². The maximum atomic E-state index is 11.5. The van der Waals surface area contributed by atoms with Crippen molar-refractivity contribution in [1.82, 2.24) is 9.80 Å². The summed E-state index contributed by atoms with van der Waals surface area (Å²) in [7, 11) is 6.26. The Morgan fingerprint density at radius 1 is 1.28 bits per heavy atom. The van der Waals surface area contributed by atoms with E-state index in [1.165, 1.54) is 0 Å². The molecular weight excluding hydrogens is 228 g/mol. The third-order valence-electron chi connectivity index (χ3n) is 4.12. The Kier molecular flexibility index (Phi) is 5.56. The SMILES string of the molecule is CN(C)CCN(C)CCC1CCCC1(N)C(N)=O. The monoisotopic (exact) mass is 256 g/mol. The van der Waals surface area contributed by atoms with E-state index in [4.69, 9.17) is 11.5 Å². The molecule has 1 rings (SSSR count). The quantitative estimate of drug-likeness (QED) is 0.664. The summed E-state index contributed by atoms with van der Waals surface area (Å²) in [5, 5.41) is 0. The molecule has 2 unspecified atom stereocenters. The van der Waals surface area contributed by atoms with Crippen molar-refractivity contribution >= 4 is 5.91 Å². The Labute approximate surface area is 110 Å². The van der Waals surface area contributed by atoms with Crippen LogP contribution in [0.25, 0.3) is 0 Å². The topological polar surface area (TPSA) is 75.6 Å². The largest absolute Gasteiger partial charge is 0.368 e. The molecule has 0 saturated heterocycles. The number of carbonyl (C=O) groups is 1. The van der Waals surface area contributed by atoms with Crippen molar-refractivity contribution in [2.45, 2.75) is 31.2 Å². The predicted octanol–water partition coefficient (Wildman–Crippen LogP) is -0.147. The van der Waals surface area contributed by atoms with Gasteiger partial charge in [0.2, 0.25) is 5.91 Å². The number of amides is 1. The number of hydrogen-bond donors (Lipinski definition) is 2. The standard InChI is InChI=1S/C13H28N4O/c1-16(2)9-10-17(3)8-6-11-5-4-7-13(11,15)12(14)18/h11H,4-10,15H2,1-3H3,(H2,14,18). The van der Waals surface area contributed by atoms with Gasteiger partial charge in [0.25, 0.3) is 0 Å². The van der Waals surface area contributed by atoms with Crippen molar-refractivity contribution in [2.24, 2.45) is 17.4 Å². The molecule has 1 amide bonds. The van der Waals surface area contributed by atoms with Gasteiger partial charge < -0.3 is 21.3 Å². The Hall–Kier alpha value is -0.650. The van der Waals surface area contributed by atoms with Crippen LogP contribution in [0.5, 0.6) is 0 Å². The van der Waals surface area contributed by atoms with Crippen molar-refractivity contribution in [3.8, 4) is 0 Å². The summed E-state index contributed by atoms with van der Waals surface area (Å²) in [6.07, 6.45) is 3.75. The zero-order valence-electron chi connectivity index (χ0n) is 12.0. The number of primary amides is 1. The van der Waals surface area contributed by atoms with Gasteiger partial charge in [-0.1, -0.05) is 6.42 Å². The fourth-order valence-corrected chi connectivity index (χ4v) is 2.69. The molecule has 18 heavy (non-hydrogen) atoms. The van der Waals surface area contributed by atoms with E-state index >= 15 is 0 Å². The van der Waals surface area contributed by atoms with E-state index in [0.29, 0.717) is 0 Å². The minimum Gasteiger partial charge on any atom is -0.368 e. The summed E-state index contributed by atoms with van der Waals surface area (Å²) in [6.45, 7) is 3.06. The number of likely N-dealkylation sites (N-methyl/N-ethyl adjacent to an activating group) is 2. The van der Waals surface area contributed by atoms with Crippen LogP contribution in [0.3, 0.4) is 0 Å². The summed E-state index contributed by atoms with van der Waals surface area (Å²) >= 11 is 0. The second kappa shape index (κ2) is 6.50. The molecule has 5 heteroatoms. The Balaban J connectivity index is 2.36. The van der Waals surface area contributed by atoms with Gasteiger partial charge in [0, 0.05) is 13.1 Å². The van der Waals surface area contributed by atoms with Crippen LogP contribution in [0, 0.1) is 5.92 Å². The van der Waals surface area contributed by atoms with Gasteiger partial charge in [0.05, 0.1) is 5.54 Å². The smallest absolute Gasteiger partial charge is 0.237 e. The summed E-state index contributed by atoms with van der Waals surface area (Å²) in [5.74, 6) is -0.0854. The van der Waals surface area contributed by atoms with E-state index < -0.39 is 5.54 Å². The molecule has 0 radical (unpaired) electrons. The molecule has 106 valence electrons. The van der Waals surface area contributed by atoms with Gasteiger partial charge in [-0.25, -0.2) is 0 Å². The van der Waals surface area contributed by atoms with E-state index in [1.54, 1.807) is 0 Å². The van der Waals surface area contributed by atoms with Gasteiger partial charge in [-0.05, 0) is 52.9 Å². The molecule has 0 aromatic heterocycles. The van der Waals surface area contributed by atoms with Crippen LogP contribution in [0.15, 0.2) is 0 Å². The van der Waals surface area contributed by atoms with E-state index in [-0.39, 0.29) is 11.8 Å². The van der Waals surface area contributed by atoms with Gasteiger partial charge in [-0.3, -0.25) is 4.79 Å². The third kappa shape index (κ3) is 3.93. The Morgan fingerprint density at radius 2 is 1.94 bits per heavy atom. The predicted molar refractivity (Wildman–Crippen MR) is 74.1 cm³/mol. The molecule has 5 nitrogen and oxygen atoms in total. The van der Waals surface area contributed by atoms with Crippen molar-refractivity contribution in [1.29, 1.82) is 0 Å². The van der Waals surface area contributed by atoms with Crippen LogP contribution in [0.4, 0.5) is 0 Å². The summed E-state index contributed by atoms with van der Waals surface area (Å²) in [4.78, 5) is 15.9. The second-order valence-corrected chi connectivity index (χ2v) is 5.89. The van der Waals surface area contributed by atoms with E-state index in [1.807, 2.05) is 0 Å². The van der Waals surface area contributed by atoms with Crippen LogP contribution >= 0.6 is 0 Å². The van der Waals surface area contributed by atoms with Crippen LogP contribution < -0.4 is 11.5 Å². The van der Waals surface area contributed by atoms with Gasteiger partial charge >= 0.3 is 0 Å². The van der Waals surface area contributed by atoms with Crippen LogP contribution in [0.2, 0.25) is 0 Å². The minimum atomic E-state index is -0.762.